The molecule has 1 fully saturated rings. The van der Waals surface area contributed by atoms with E-state index < -0.39 is 5.60 Å². The molecule has 7 nitrogen and oxygen atoms in total. The van der Waals surface area contributed by atoms with Crippen molar-refractivity contribution in [2.24, 2.45) is 0 Å². The summed E-state index contributed by atoms with van der Waals surface area (Å²) in [5.41, 5.74) is 2.06. The summed E-state index contributed by atoms with van der Waals surface area (Å²) in [4.78, 5) is 40.2. The minimum atomic E-state index is -0.548. The molecular weight excluding hydrogens is 394 g/mol. The van der Waals surface area contributed by atoms with Crippen LogP contribution in [0.2, 0.25) is 0 Å². The molecule has 0 atom stereocenters. The Morgan fingerprint density at radius 3 is 1.97 bits per heavy atom. The summed E-state index contributed by atoms with van der Waals surface area (Å²) in [5.74, 6) is -0.460. The molecule has 0 spiro atoms. The van der Waals surface area contributed by atoms with Gasteiger partial charge in [-0.2, -0.15) is 0 Å². The quantitative estimate of drug-likeness (QED) is 0.819. The molecule has 0 aliphatic carbocycles. The highest BCUT2D eigenvalue weighted by Gasteiger charge is 2.27. The fraction of sp³-hybridized carbons (Fsp3) is 0.375. The first-order valence-electron chi connectivity index (χ1n) is 10.4. The minimum absolute atomic E-state index is 0.0777. The van der Waals surface area contributed by atoms with Crippen molar-refractivity contribution in [3.05, 3.63) is 60.2 Å². The van der Waals surface area contributed by atoms with Crippen LogP contribution >= 0.6 is 0 Å². The number of benzene rings is 2. The number of carbonyl (C=O) groups is 3. The molecular formula is C24H29N3O4. The summed E-state index contributed by atoms with van der Waals surface area (Å²) in [6.07, 6.45) is -0.369. The smallest absolute Gasteiger partial charge is 0.410 e. The summed E-state index contributed by atoms with van der Waals surface area (Å²) in [7, 11) is 0. The van der Waals surface area contributed by atoms with Gasteiger partial charge in [0.05, 0.1) is 6.54 Å². The van der Waals surface area contributed by atoms with Crippen LogP contribution in [-0.2, 0) is 9.53 Å². The second-order valence-corrected chi connectivity index (χ2v) is 8.47. The Bertz CT molecular complexity index is 912. The second-order valence-electron chi connectivity index (χ2n) is 8.47. The van der Waals surface area contributed by atoms with E-state index in [9.17, 15) is 14.4 Å². The lowest BCUT2D eigenvalue weighted by molar-refractivity contribution is -0.131. The Morgan fingerprint density at radius 1 is 0.839 bits per heavy atom. The minimum Gasteiger partial charge on any atom is -0.444 e. The number of amides is 3. The van der Waals surface area contributed by atoms with Gasteiger partial charge in [0.15, 0.2) is 0 Å². The highest BCUT2D eigenvalue weighted by molar-refractivity contribution is 5.96. The van der Waals surface area contributed by atoms with E-state index in [4.69, 9.17) is 4.74 Å². The zero-order chi connectivity index (χ0) is 22.4. The predicted octanol–water partition coefficient (Wildman–Crippen LogP) is 3.16. The van der Waals surface area contributed by atoms with E-state index >= 15 is 0 Å². The molecule has 3 rings (SSSR count). The van der Waals surface area contributed by atoms with Gasteiger partial charge in [0, 0.05) is 31.7 Å². The first kappa shape index (κ1) is 22.3. The maximum atomic E-state index is 12.5. The van der Waals surface area contributed by atoms with Gasteiger partial charge in [0.2, 0.25) is 5.91 Å². The van der Waals surface area contributed by atoms with Crippen LogP contribution in [0.3, 0.4) is 0 Å². The molecule has 1 aliphatic heterocycles. The molecule has 1 aliphatic rings. The molecule has 0 radical (unpaired) electrons. The van der Waals surface area contributed by atoms with E-state index in [1.807, 2.05) is 63.2 Å². The summed E-state index contributed by atoms with van der Waals surface area (Å²) in [5, 5.41) is 2.68. The standard InChI is InChI=1S/C24H29N3O4/c1-24(2,3)31-23(30)27-15-13-26(14-16-27)21(28)17-25-22(29)20-11-9-19(10-12-20)18-7-5-4-6-8-18/h4-12H,13-17H2,1-3H3,(H,25,29). The van der Waals surface area contributed by atoms with Gasteiger partial charge in [-0.3, -0.25) is 9.59 Å². The first-order valence-corrected chi connectivity index (χ1v) is 10.4. The Kier molecular flexibility index (Phi) is 6.95. The molecule has 31 heavy (non-hydrogen) atoms. The van der Waals surface area contributed by atoms with Crippen molar-refractivity contribution in [1.29, 1.82) is 0 Å². The van der Waals surface area contributed by atoms with Crippen LogP contribution in [0.1, 0.15) is 31.1 Å². The molecule has 0 saturated carbocycles. The zero-order valence-corrected chi connectivity index (χ0v) is 18.3. The van der Waals surface area contributed by atoms with Crippen molar-refractivity contribution in [1.82, 2.24) is 15.1 Å². The molecule has 0 aromatic heterocycles. The van der Waals surface area contributed by atoms with E-state index in [0.29, 0.717) is 31.7 Å². The zero-order valence-electron chi connectivity index (χ0n) is 18.3. The van der Waals surface area contributed by atoms with Crippen molar-refractivity contribution in [2.45, 2.75) is 26.4 Å². The predicted molar refractivity (Wildman–Crippen MR) is 119 cm³/mol. The molecule has 164 valence electrons. The number of nitrogens with zero attached hydrogens (tertiary/aromatic N) is 2. The molecule has 2 aromatic rings. The van der Waals surface area contributed by atoms with Crippen molar-refractivity contribution in [2.75, 3.05) is 32.7 Å². The highest BCUT2D eigenvalue weighted by Crippen LogP contribution is 2.19. The fourth-order valence-corrected chi connectivity index (χ4v) is 3.28. The number of hydrogen-bond acceptors (Lipinski definition) is 4. The van der Waals surface area contributed by atoms with Crippen LogP contribution < -0.4 is 5.32 Å². The number of piperazine rings is 1. The van der Waals surface area contributed by atoms with Crippen LogP contribution in [0.5, 0.6) is 0 Å². The van der Waals surface area contributed by atoms with Gasteiger partial charge in [-0.05, 0) is 44.0 Å². The molecule has 1 saturated heterocycles. The van der Waals surface area contributed by atoms with E-state index in [0.717, 1.165) is 11.1 Å². The number of carbonyl (C=O) groups excluding carboxylic acids is 3. The van der Waals surface area contributed by atoms with Crippen molar-refractivity contribution < 1.29 is 19.1 Å². The van der Waals surface area contributed by atoms with E-state index in [1.165, 1.54) is 0 Å². The third kappa shape index (κ3) is 6.31. The fourth-order valence-electron chi connectivity index (χ4n) is 3.28. The van der Waals surface area contributed by atoms with Gasteiger partial charge in [0.25, 0.3) is 5.91 Å². The number of rotatable bonds is 4. The average Bonchev–Trinajstić information content (AvgIpc) is 2.77. The third-order valence-corrected chi connectivity index (χ3v) is 4.94. The second kappa shape index (κ2) is 9.64. The van der Waals surface area contributed by atoms with Gasteiger partial charge in [-0.15, -0.1) is 0 Å². The topological polar surface area (TPSA) is 79.0 Å². The monoisotopic (exact) mass is 423 g/mol. The van der Waals surface area contributed by atoms with Gasteiger partial charge in [-0.25, -0.2) is 4.79 Å². The molecule has 1 N–H and O–H groups in total. The van der Waals surface area contributed by atoms with Gasteiger partial charge >= 0.3 is 6.09 Å². The molecule has 7 heteroatoms. The van der Waals surface area contributed by atoms with Crippen LogP contribution in [0.4, 0.5) is 4.79 Å². The largest absolute Gasteiger partial charge is 0.444 e. The maximum absolute atomic E-state index is 12.5. The SMILES string of the molecule is CC(C)(C)OC(=O)N1CCN(C(=O)CNC(=O)c2ccc(-c3ccccc3)cc2)CC1. The van der Waals surface area contributed by atoms with E-state index in [1.54, 1.807) is 21.9 Å². The Labute approximate surface area is 183 Å². The Hall–Kier alpha value is -3.35. The van der Waals surface area contributed by atoms with Crippen LogP contribution in [0.15, 0.2) is 54.6 Å². The summed E-state index contributed by atoms with van der Waals surface area (Å²) >= 11 is 0. The molecule has 2 aromatic carbocycles. The van der Waals surface area contributed by atoms with Gasteiger partial charge in [-0.1, -0.05) is 42.5 Å². The van der Waals surface area contributed by atoms with Gasteiger partial charge in [0.1, 0.15) is 5.60 Å². The molecule has 0 bridgehead atoms. The molecule has 1 heterocycles. The molecule has 0 unspecified atom stereocenters. The van der Waals surface area contributed by atoms with Gasteiger partial charge < -0.3 is 19.9 Å². The van der Waals surface area contributed by atoms with Crippen LogP contribution in [0, 0.1) is 0 Å². The summed E-state index contributed by atoms with van der Waals surface area (Å²) in [6.45, 7) is 7.05. The Balaban J connectivity index is 1.45. The maximum Gasteiger partial charge on any atom is 0.410 e. The summed E-state index contributed by atoms with van der Waals surface area (Å²) in [6, 6.07) is 17.2. The lowest BCUT2D eigenvalue weighted by Gasteiger charge is -2.35. The van der Waals surface area contributed by atoms with E-state index in [2.05, 4.69) is 5.32 Å². The lowest BCUT2D eigenvalue weighted by Crippen LogP contribution is -2.53. The van der Waals surface area contributed by atoms with Crippen molar-refractivity contribution in [3.8, 4) is 11.1 Å². The van der Waals surface area contributed by atoms with E-state index in [-0.39, 0.29) is 24.5 Å². The third-order valence-electron chi connectivity index (χ3n) is 4.94. The van der Waals surface area contributed by atoms with Crippen molar-refractivity contribution >= 4 is 17.9 Å². The number of ether oxygens (including phenoxy) is 1. The summed E-state index contributed by atoms with van der Waals surface area (Å²) < 4.78 is 5.36. The van der Waals surface area contributed by atoms with Crippen LogP contribution in [-0.4, -0.2) is 66.0 Å². The number of hydrogen-bond donors (Lipinski definition) is 1. The Morgan fingerprint density at radius 2 is 1.39 bits per heavy atom. The average molecular weight is 424 g/mol. The lowest BCUT2D eigenvalue weighted by atomic mass is 10.0. The van der Waals surface area contributed by atoms with Crippen molar-refractivity contribution in [3.63, 3.8) is 0 Å². The number of nitrogens with one attached hydrogen (secondary N) is 1. The first-order chi connectivity index (χ1) is 14.7. The van der Waals surface area contributed by atoms with Crippen LogP contribution in [0.25, 0.3) is 11.1 Å². The highest BCUT2D eigenvalue weighted by atomic mass is 16.6. The molecule has 3 amide bonds. The normalized spacial score (nSPS) is 14.2.